The zero-order valence-electron chi connectivity index (χ0n) is 17.8. The molecule has 7 atom stereocenters. The third-order valence-electron chi connectivity index (χ3n) is 9.28. The van der Waals surface area contributed by atoms with Gasteiger partial charge in [0, 0.05) is 43.7 Å². The lowest BCUT2D eigenvalue weighted by atomic mass is 9.51. The summed E-state index contributed by atoms with van der Waals surface area (Å²) in [6.07, 6.45) is 8.31. The Morgan fingerprint density at radius 1 is 1.03 bits per heavy atom. The largest absolute Gasteiger partial charge is 0.391 e. The monoisotopic (exact) mass is 401 g/mol. The summed E-state index contributed by atoms with van der Waals surface area (Å²) in [4.78, 5) is 31.3. The standard InChI is InChI=1S/C23H35N3O3/c1-22-8-5-14(26-29-15-7-10-24-13-15)11-19(22)25-21(28)12-16-17-3-4-20(27)23(17,2)9-6-18(16)22/h15-19,24H,3-13H2,1-2H3,(H,25,28)/b26-14+/t15-,16+,17+,18+,19?,22-,23+/m1/s1. The second kappa shape index (κ2) is 7.07. The quantitative estimate of drug-likeness (QED) is 0.698. The summed E-state index contributed by atoms with van der Waals surface area (Å²) >= 11 is 0. The lowest BCUT2D eigenvalue weighted by Gasteiger charge is -2.53. The lowest BCUT2D eigenvalue weighted by Crippen LogP contribution is -2.54. The number of amides is 1. The maximum Gasteiger partial charge on any atom is 0.220 e. The van der Waals surface area contributed by atoms with E-state index in [4.69, 9.17) is 4.84 Å². The predicted molar refractivity (Wildman–Crippen MR) is 110 cm³/mol. The van der Waals surface area contributed by atoms with Gasteiger partial charge in [0.05, 0.1) is 5.71 Å². The van der Waals surface area contributed by atoms with Gasteiger partial charge >= 0.3 is 0 Å². The fourth-order valence-electron chi connectivity index (χ4n) is 7.40. The number of hydrogen-bond acceptors (Lipinski definition) is 5. The molecule has 5 rings (SSSR count). The maximum atomic E-state index is 12.9. The highest BCUT2D eigenvalue weighted by Crippen LogP contribution is 2.61. The van der Waals surface area contributed by atoms with Crippen molar-refractivity contribution in [2.75, 3.05) is 13.1 Å². The van der Waals surface area contributed by atoms with Gasteiger partial charge in [0.1, 0.15) is 11.9 Å². The van der Waals surface area contributed by atoms with Crippen LogP contribution in [0, 0.1) is 28.6 Å². The van der Waals surface area contributed by atoms with Crippen molar-refractivity contribution in [3.05, 3.63) is 0 Å². The molecule has 1 amide bonds. The van der Waals surface area contributed by atoms with Gasteiger partial charge in [-0.2, -0.15) is 0 Å². The summed E-state index contributed by atoms with van der Waals surface area (Å²) < 4.78 is 0. The minimum atomic E-state index is -0.192. The molecule has 3 aliphatic carbocycles. The van der Waals surface area contributed by atoms with Gasteiger partial charge in [-0.3, -0.25) is 9.59 Å². The molecule has 0 bridgehead atoms. The Hall–Kier alpha value is -1.43. The third-order valence-corrected chi connectivity index (χ3v) is 9.28. The molecule has 5 fully saturated rings. The van der Waals surface area contributed by atoms with E-state index >= 15 is 0 Å². The number of oxime groups is 1. The van der Waals surface area contributed by atoms with E-state index in [1.54, 1.807) is 0 Å². The fraction of sp³-hybridized carbons (Fsp3) is 0.870. The van der Waals surface area contributed by atoms with Gasteiger partial charge in [0.25, 0.3) is 0 Å². The molecule has 0 aromatic heterocycles. The first-order valence-electron chi connectivity index (χ1n) is 11.6. The van der Waals surface area contributed by atoms with Crippen molar-refractivity contribution in [3.63, 3.8) is 0 Å². The number of Topliss-reactive ketones (excluding diaryl/α,β-unsaturated/α-hetero) is 1. The molecule has 3 saturated carbocycles. The molecular formula is C23H35N3O3. The van der Waals surface area contributed by atoms with E-state index in [1.165, 1.54) is 0 Å². The number of nitrogens with zero attached hydrogens (tertiary/aromatic N) is 1. The van der Waals surface area contributed by atoms with Crippen LogP contribution in [-0.4, -0.2) is 42.6 Å². The third kappa shape index (κ3) is 3.13. The first-order valence-corrected chi connectivity index (χ1v) is 11.6. The SMILES string of the molecule is C[C@]12CC/C(=N\O[C@@H]3CCNC3)CC1NC(=O)C[C@@H]1[C@@H]2CC[C@]2(C)C(=O)CC[C@@H]12. The Labute approximate surface area is 173 Å². The molecule has 2 aliphatic heterocycles. The zero-order valence-corrected chi connectivity index (χ0v) is 17.8. The van der Waals surface area contributed by atoms with E-state index in [2.05, 4.69) is 29.6 Å². The van der Waals surface area contributed by atoms with Crippen LogP contribution in [0.15, 0.2) is 5.16 Å². The molecule has 0 radical (unpaired) electrons. The molecule has 0 aromatic carbocycles. The van der Waals surface area contributed by atoms with E-state index in [0.717, 1.165) is 63.7 Å². The molecule has 2 saturated heterocycles. The molecule has 1 unspecified atom stereocenters. The average Bonchev–Trinajstić information content (AvgIpc) is 3.28. The Morgan fingerprint density at radius 2 is 1.90 bits per heavy atom. The van der Waals surface area contributed by atoms with Gasteiger partial charge in [-0.05, 0) is 61.8 Å². The number of hydrogen-bond donors (Lipinski definition) is 2. The van der Waals surface area contributed by atoms with Gasteiger partial charge in [0.2, 0.25) is 5.91 Å². The highest BCUT2D eigenvalue weighted by atomic mass is 16.6. The van der Waals surface area contributed by atoms with Crippen LogP contribution in [-0.2, 0) is 14.4 Å². The predicted octanol–water partition coefficient (Wildman–Crippen LogP) is 2.81. The van der Waals surface area contributed by atoms with Crippen molar-refractivity contribution >= 4 is 17.4 Å². The van der Waals surface area contributed by atoms with E-state index in [-0.39, 0.29) is 28.9 Å². The number of carbonyl (C=O) groups is 2. The summed E-state index contributed by atoms with van der Waals surface area (Å²) in [5.74, 6) is 1.83. The topological polar surface area (TPSA) is 79.8 Å². The lowest BCUT2D eigenvalue weighted by molar-refractivity contribution is -0.133. The van der Waals surface area contributed by atoms with Gasteiger partial charge < -0.3 is 15.5 Å². The van der Waals surface area contributed by atoms with Crippen LogP contribution in [0.5, 0.6) is 0 Å². The summed E-state index contributed by atoms with van der Waals surface area (Å²) in [7, 11) is 0. The molecule has 29 heavy (non-hydrogen) atoms. The van der Waals surface area contributed by atoms with E-state index < -0.39 is 0 Å². The van der Waals surface area contributed by atoms with Crippen molar-refractivity contribution in [1.29, 1.82) is 0 Å². The summed E-state index contributed by atoms with van der Waals surface area (Å²) in [6.45, 7) is 6.43. The number of fused-ring (bicyclic) bond motifs is 5. The van der Waals surface area contributed by atoms with Crippen LogP contribution in [0.2, 0.25) is 0 Å². The van der Waals surface area contributed by atoms with Crippen molar-refractivity contribution in [3.8, 4) is 0 Å². The Morgan fingerprint density at radius 3 is 2.69 bits per heavy atom. The van der Waals surface area contributed by atoms with Gasteiger partial charge in [-0.15, -0.1) is 0 Å². The average molecular weight is 402 g/mol. The second-order valence-corrected chi connectivity index (χ2v) is 10.7. The number of rotatable bonds is 2. The molecule has 0 aromatic rings. The van der Waals surface area contributed by atoms with Crippen LogP contribution in [0.3, 0.4) is 0 Å². The van der Waals surface area contributed by atoms with Crippen molar-refractivity contribution in [2.45, 2.75) is 83.8 Å². The van der Waals surface area contributed by atoms with Crippen LogP contribution < -0.4 is 10.6 Å². The Bertz CT molecular complexity index is 731. The fourth-order valence-corrected chi connectivity index (χ4v) is 7.40. The van der Waals surface area contributed by atoms with E-state index in [0.29, 0.717) is 36.4 Å². The first-order chi connectivity index (χ1) is 13.9. The van der Waals surface area contributed by atoms with Gasteiger partial charge in [-0.25, -0.2) is 0 Å². The molecule has 6 nitrogen and oxygen atoms in total. The Kier molecular flexibility index (Phi) is 4.76. The maximum absolute atomic E-state index is 12.9. The molecule has 5 aliphatic rings. The number of carbonyl (C=O) groups excluding carboxylic acids is 2. The van der Waals surface area contributed by atoms with Crippen molar-refractivity contribution in [1.82, 2.24) is 10.6 Å². The molecule has 160 valence electrons. The van der Waals surface area contributed by atoms with E-state index in [9.17, 15) is 9.59 Å². The van der Waals surface area contributed by atoms with Crippen LogP contribution in [0.4, 0.5) is 0 Å². The van der Waals surface area contributed by atoms with Crippen LogP contribution in [0.25, 0.3) is 0 Å². The molecule has 2 heterocycles. The summed E-state index contributed by atoms with van der Waals surface area (Å²) in [5, 5.41) is 11.2. The van der Waals surface area contributed by atoms with Gasteiger partial charge in [0.15, 0.2) is 0 Å². The van der Waals surface area contributed by atoms with Crippen LogP contribution >= 0.6 is 0 Å². The van der Waals surface area contributed by atoms with E-state index in [1.807, 2.05) is 0 Å². The minimum absolute atomic E-state index is 0.0811. The minimum Gasteiger partial charge on any atom is -0.391 e. The van der Waals surface area contributed by atoms with Crippen molar-refractivity contribution < 1.29 is 14.4 Å². The summed E-state index contributed by atoms with van der Waals surface area (Å²) in [6, 6.07) is 0.129. The Balaban J connectivity index is 1.37. The van der Waals surface area contributed by atoms with Gasteiger partial charge in [-0.1, -0.05) is 19.0 Å². The van der Waals surface area contributed by atoms with Crippen molar-refractivity contribution in [2.24, 2.45) is 33.7 Å². The highest BCUT2D eigenvalue weighted by Gasteiger charge is 2.60. The smallest absolute Gasteiger partial charge is 0.220 e. The summed E-state index contributed by atoms with van der Waals surface area (Å²) in [5.41, 5.74) is 0.981. The molecule has 6 heteroatoms. The number of ketones is 1. The highest BCUT2D eigenvalue weighted by molar-refractivity contribution is 5.88. The number of nitrogens with one attached hydrogen (secondary N) is 2. The normalized spacial score (nSPS) is 48.5. The van der Waals surface area contributed by atoms with Crippen LogP contribution in [0.1, 0.15) is 71.6 Å². The molecule has 0 spiro atoms. The second-order valence-electron chi connectivity index (χ2n) is 10.7. The molecule has 2 N–H and O–H groups in total. The molecular weight excluding hydrogens is 366 g/mol. The zero-order chi connectivity index (χ0) is 20.2. The first kappa shape index (κ1) is 19.5.